The highest BCUT2D eigenvalue weighted by atomic mass is 16.5. The highest BCUT2D eigenvalue weighted by Gasteiger charge is 2.35. The fourth-order valence-electron chi connectivity index (χ4n) is 3.87. The molecule has 1 fully saturated rings. The normalized spacial score (nSPS) is 22.6. The van der Waals surface area contributed by atoms with Gasteiger partial charge in [-0.25, -0.2) is 0 Å². The Hall–Kier alpha value is -2.33. The maximum absolute atomic E-state index is 13.2. The molecule has 2 heterocycles. The van der Waals surface area contributed by atoms with Gasteiger partial charge in [0.05, 0.1) is 11.7 Å². The maximum atomic E-state index is 13.2. The van der Waals surface area contributed by atoms with Gasteiger partial charge >= 0.3 is 0 Å². The van der Waals surface area contributed by atoms with Crippen molar-refractivity contribution in [2.75, 3.05) is 18.5 Å². The third-order valence-electron chi connectivity index (χ3n) is 5.17. The summed E-state index contributed by atoms with van der Waals surface area (Å²) in [6.45, 7) is 5.62. The van der Waals surface area contributed by atoms with E-state index in [9.17, 15) is 4.79 Å². The van der Waals surface area contributed by atoms with E-state index in [0.717, 1.165) is 36.3 Å². The first-order valence-electron chi connectivity index (χ1n) is 8.99. The molecule has 25 heavy (non-hydrogen) atoms. The number of carbonyl (C=O) groups is 1. The van der Waals surface area contributed by atoms with Gasteiger partial charge in [0.25, 0.3) is 5.91 Å². The first-order chi connectivity index (χ1) is 12.1. The summed E-state index contributed by atoms with van der Waals surface area (Å²) in [7, 11) is 0. The molecular formula is C21H24N2O2. The van der Waals surface area contributed by atoms with Crippen LogP contribution in [0.4, 0.5) is 5.69 Å². The summed E-state index contributed by atoms with van der Waals surface area (Å²) in [6.07, 6.45) is 2.06. The number of anilines is 1. The second-order valence-corrected chi connectivity index (χ2v) is 7.05. The zero-order valence-corrected chi connectivity index (χ0v) is 14.8. The molecule has 1 N–H and O–H groups in total. The van der Waals surface area contributed by atoms with Crippen molar-refractivity contribution in [3.63, 3.8) is 0 Å². The molecule has 0 radical (unpaired) electrons. The quantitative estimate of drug-likeness (QED) is 0.919. The summed E-state index contributed by atoms with van der Waals surface area (Å²) in [5.41, 5.74) is 5.21. The second-order valence-electron chi connectivity index (χ2n) is 7.05. The Morgan fingerprint density at radius 1 is 1.20 bits per heavy atom. The number of hydrogen-bond acceptors (Lipinski definition) is 3. The van der Waals surface area contributed by atoms with E-state index in [0.29, 0.717) is 6.54 Å². The molecule has 0 saturated carbocycles. The minimum Gasteiger partial charge on any atom is -0.376 e. The molecule has 130 valence electrons. The van der Waals surface area contributed by atoms with Crippen LogP contribution < -0.4 is 5.32 Å². The van der Waals surface area contributed by atoms with E-state index >= 15 is 0 Å². The predicted molar refractivity (Wildman–Crippen MR) is 98.7 cm³/mol. The molecule has 0 aromatic heterocycles. The van der Waals surface area contributed by atoms with Crippen molar-refractivity contribution in [2.45, 2.75) is 39.0 Å². The second kappa shape index (κ2) is 6.52. The Bertz CT molecular complexity index is 796. The zero-order valence-electron chi connectivity index (χ0n) is 14.8. The van der Waals surface area contributed by atoms with E-state index in [4.69, 9.17) is 4.74 Å². The molecule has 4 nitrogen and oxygen atoms in total. The number of hydrogen-bond donors (Lipinski definition) is 1. The Kier molecular flexibility index (Phi) is 4.22. The molecule has 2 aromatic rings. The van der Waals surface area contributed by atoms with Crippen molar-refractivity contribution in [3.05, 3.63) is 64.7 Å². The molecule has 4 rings (SSSR count). The van der Waals surface area contributed by atoms with Crippen LogP contribution in [-0.4, -0.2) is 30.1 Å². The van der Waals surface area contributed by atoms with E-state index in [2.05, 4.69) is 37.4 Å². The minimum absolute atomic E-state index is 0.0785. The zero-order chi connectivity index (χ0) is 17.4. The van der Waals surface area contributed by atoms with Crippen LogP contribution >= 0.6 is 0 Å². The number of para-hydroxylation sites is 1. The summed E-state index contributed by atoms with van der Waals surface area (Å²) in [5, 5.41) is 3.58. The third-order valence-corrected chi connectivity index (χ3v) is 5.17. The van der Waals surface area contributed by atoms with Crippen molar-refractivity contribution >= 4 is 11.6 Å². The molecule has 4 heteroatoms. The fourth-order valence-corrected chi connectivity index (χ4v) is 3.87. The van der Waals surface area contributed by atoms with Gasteiger partial charge in [-0.15, -0.1) is 0 Å². The van der Waals surface area contributed by atoms with Crippen LogP contribution in [0.15, 0.2) is 42.5 Å². The van der Waals surface area contributed by atoms with Gasteiger partial charge in [-0.3, -0.25) is 4.79 Å². The Morgan fingerprint density at radius 3 is 2.80 bits per heavy atom. The number of benzene rings is 2. The Morgan fingerprint density at radius 2 is 2.04 bits per heavy atom. The predicted octanol–water partition coefficient (Wildman–Crippen LogP) is 4.05. The number of rotatable bonds is 3. The van der Waals surface area contributed by atoms with Crippen molar-refractivity contribution in [3.8, 4) is 0 Å². The molecule has 0 unspecified atom stereocenters. The molecule has 0 bridgehead atoms. The summed E-state index contributed by atoms with van der Waals surface area (Å²) in [4.78, 5) is 15.1. The van der Waals surface area contributed by atoms with Gasteiger partial charge in [-0.05, 0) is 49.9 Å². The SMILES string of the molecule is Cc1ccc([C@@H]2Nc3ccccc3C(=O)N2C[C@@H]2CCCO2)c(C)c1. The van der Waals surface area contributed by atoms with Gasteiger partial charge in [0, 0.05) is 18.8 Å². The third kappa shape index (κ3) is 3.02. The summed E-state index contributed by atoms with van der Waals surface area (Å²) >= 11 is 0. The van der Waals surface area contributed by atoms with Crippen LogP contribution in [0.5, 0.6) is 0 Å². The van der Waals surface area contributed by atoms with Gasteiger partial charge in [0.2, 0.25) is 0 Å². The number of nitrogens with zero attached hydrogens (tertiary/aromatic N) is 1. The number of carbonyl (C=O) groups excluding carboxylic acids is 1. The minimum atomic E-state index is -0.160. The van der Waals surface area contributed by atoms with Gasteiger partial charge in [0.15, 0.2) is 0 Å². The fraction of sp³-hybridized carbons (Fsp3) is 0.381. The van der Waals surface area contributed by atoms with Gasteiger partial charge in [-0.1, -0.05) is 35.9 Å². The van der Waals surface area contributed by atoms with Crippen LogP contribution in [0.25, 0.3) is 0 Å². The van der Waals surface area contributed by atoms with E-state index in [-0.39, 0.29) is 18.2 Å². The standard InChI is InChI=1S/C21H24N2O2/c1-14-9-10-17(15(2)12-14)20-22-19-8-4-3-7-18(19)21(24)23(20)13-16-6-5-11-25-16/h3-4,7-10,12,16,20,22H,5-6,11,13H2,1-2H3/t16-,20+/m0/s1. The van der Waals surface area contributed by atoms with E-state index in [1.54, 1.807) is 0 Å². The average molecular weight is 336 g/mol. The number of ether oxygens (including phenoxy) is 1. The Balaban J connectivity index is 1.74. The number of aryl methyl sites for hydroxylation is 2. The molecule has 1 saturated heterocycles. The van der Waals surface area contributed by atoms with Crippen LogP contribution in [0.1, 0.15) is 46.1 Å². The average Bonchev–Trinajstić information content (AvgIpc) is 3.11. The largest absolute Gasteiger partial charge is 0.376 e. The van der Waals surface area contributed by atoms with Gasteiger partial charge < -0.3 is 15.0 Å². The smallest absolute Gasteiger partial charge is 0.257 e. The van der Waals surface area contributed by atoms with Crippen LogP contribution in [0.2, 0.25) is 0 Å². The molecule has 0 aliphatic carbocycles. The monoisotopic (exact) mass is 336 g/mol. The highest BCUT2D eigenvalue weighted by Crippen LogP contribution is 2.35. The van der Waals surface area contributed by atoms with Crippen molar-refractivity contribution < 1.29 is 9.53 Å². The lowest BCUT2D eigenvalue weighted by Gasteiger charge is -2.39. The lowest BCUT2D eigenvalue weighted by molar-refractivity contribution is 0.0426. The first-order valence-corrected chi connectivity index (χ1v) is 8.99. The first kappa shape index (κ1) is 16.2. The lowest BCUT2D eigenvalue weighted by atomic mass is 9.98. The molecule has 2 aromatic carbocycles. The van der Waals surface area contributed by atoms with Crippen molar-refractivity contribution in [1.29, 1.82) is 0 Å². The number of fused-ring (bicyclic) bond motifs is 1. The molecule has 1 amide bonds. The Labute approximate surface area is 148 Å². The number of amides is 1. The topological polar surface area (TPSA) is 41.6 Å². The molecule has 2 atom stereocenters. The molecule has 2 aliphatic heterocycles. The van der Waals surface area contributed by atoms with Crippen molar-refractivity contribution in [2.24, 2.45) is 0 Å². The molecular weight excluding hydrogens is 312 g/mol. The summed E-state index contributed by atoms with van der Waals surface area (Å²) in [6, 6.07) is 14.2. The summed E-state index contributed by atoms with van der Waals surface area (Å²) in [5.74, 6) is 0.0785. The van der Waals surface area contributed by atoms with E-state index in [1.165, 1.54) is 11.1 Å². The highest BCUT2D eigenvalue weighted by molar-refractivity contribution is 6.01. The van der Waals surface area contributed by atoms with Crippen molar-refractivity contribution in [1.82, 2.24) is 4.90 Å². The van der Waals surface area contributed by atoms with E-state index < -0.39 is 0 Å². The lowest BCUT2D eigenvalue weighted by Crippen LogP contribution is -2.46. The number of nitrogens with one attached hydrogen (secondary N) is 1. The summed E-state index contributed by atoms with van der Waals surface area (Å²) < 4.78 is 5.80. The van der Waals surface area contributed by atoms with Gasteiger partial charge in [0.1, 0.15) is 6.17 Å². The van der Waals surface area contributed by atoms with E-state index in [1.807, 2.05) is 29.2 Å². The van der Waals surface area contributed by atoms with Crippen LogP contribution in [0, 0.1) is 13.8 Å². The molecule has 0 spiro atoms. The van der Waals surface area contributed by atoms with Gasteiger partial charge in [-0.2, -0.15) is 0 Å². The maximum Gasteiger partial charge on any atom is 0.257 e. The van der Waals surface area contributed by atoms with Crippen LogP contribution in [0.3, 0.4) is 0 Å². The van der Waals surface area contributed by atoms with Crippen LogP contribution in [-0.2, 0) is 4.74 Å². The molecule has 2 aliphatic rings.